The second-order valence-electron chi connectivity index (χ2n) is 4.01. The van der Waals surface area contributed by atoms with Gasteiger partial charge in [0.25, 0.3) is 5.91 Å². The fourth-order valence-corrected chi connectivity index (χ4v) is 3.01. The average molecular weight is 363 g/mol. The highest BCUT2D eigenvalue weighted by Gasteiger charge is 2.19. The maximum absolute atomic E-state index is 12.4. The van der Waals surface area contributed by atoms with E-state index in [2.05, 4.69) is 45.7 Å². The van der Waals surface area contributed by atoms with Crippen molar-refractivity contribution < 1.29 is 4.79 Å². The van der Waals surface area contributed by atoms with Crippen LogP contribution in [0.3, 0.4) is 0 Å². The Morgan fingerprint density at radius 3 is 2.18 bits per heavy atom. The molecule has 0 saturated heterocycles. The Morgan fingerprint density at radius 2 is 1.76 bits per heavy atom. The molecule has 1 amide bonds. The van der Waals surface area contributed by atoms with Crippen LogP contribution in [0, 0.1) is 0 Å². The van der Waals surface area contributed by atoms with Crippen LogP contribution in [0.15, 0.2) is 27.1 Å². The van der Waals surface area contributed by atoms with E-state index in [0.29, 0.717) is 5.56 Å². The van der Waals surface area contributed by atoms with Gasteiger partial charge in [-0.25, -0.2) is 0 Å². The molecule has 0 aliphatic heterocycles. The lowest BCUT2D eigenvalue weighted by molar-refractivity contribution is 0.0700. The van der Waals surface area contributed by atoms with E-state index in [1.165, 1.54) is 0 Å². The van der Waals surface area contributed by atoms with E-state index in [-0.39, 0.29) is 11.9 Å². The van der Waals surface area contributed by atoms with Crippen LogP contribution in [-0.4, -0.2) is 23.4 Å². The zero-order valence-electron chi connectivity index (χ0n) is 10.3. The molecule has 0 heterocycles. The molecular weight excluding hydrogens is 346 g/mol. The Morgan fingerprint density at radius 1 is 1.24 bits per heavy atom. The van der Waals surface area contributed by atoms with Gasteiger partial charge in [0.15, 0.2) is 0 Å². The van der Waals surface area contributed by atoms with Gasteiger partial charge >= 0.3 is 0 Å². The van der Waals surface area contributed by atoms with E-state index < -0.39 is 0 Å². The van der Waals surface area contributed by atoms with Crippen LogP contribution in [0.25, 0.3) is 0 Å². The lowest BCUT2D eigenvalue weighted by atomic mass is 10.1. The molecule has 1 rings (SSSR count). The summed E-state index contributed by atoms with van der Waals surface area (Å²) in [6.45, 7) is 6.92. The van der Waals surface area contributed by atoms with Gasteiger partial charge in [-0.05, 0) is 38.5 Å². The fourth-order valence-electron chi connectivity index (χ4n) is 1.72. The minimum absolute atomic E-state index is 0.0869. The number of rotatable bonds is 4. The summed E-state index contributed by atoms with van der Waals surface area (Å²) >= 11 is 6.81. The standard InChI is InChI=1S/C13H17Br2NO/c1-4-9(3)16(5-2)13(17)10-6-11(14)8-12(15)7-10/h6-9H,4-5H2,1-3H3. The smallest absolute Gasteiger partial charge is 0.254 e. The molecule has 0 radical (unpaired) electrons. The molecule has 0 aromatic heterocycles. The monoisotopic (exact) mass is 361 g/mol. The molecule has 1 unspecified atom stereocenters. The average Bonchev–Trinajstić information content (AvgIpc) is 2.28. The number of benzene rings is 1. The van der Waals surface area contributed by atoms with E-state index in [1.54, 1.807) is 0 Å². The van der Waals surface area contributed by atoms with Crippen molar-refractivity contribution in [3.05, 3.63) is 32.7 Å². The number of nitrogens with zero attached hydrogens (tertiary/aromatic N) is 1. The Balaban J connectivity index is 3.01. The van der Waals surface area contributed by atoms with Crippen LogP contribution in [-0.2, 0) is 0 Å². The highest BCUT2D eigenvalue weighted by molar-refractivity contribution is 9.11. The fraction of sp³-hybridized carbons (Fsp3) is 0.462. The maximum Gasteiger partial charge on any atom is 0.254 e. The third-order valence-electron chi connectivity index (χ3n) is 2.83. The molecule has 0 aliphatic carbocycles. The van der Waals surface area contributed by atoms with Crippen molar-refractivity contribution in [2.24, 2.45) is 0 Å². The first kappa shape index (κ1) is 14.7. The van der Waals surface area contributed by atoms with Crippen molar-refractivity contribution in [2.45, 2.75) is 33.2 Å². The normalized spacial score (nSPS) is 12.3. The van der Waals surface area contributed by atoms with Crippen molar-refractivity contribution in [3.63, 3.8) is 0 Å². The van der Waals surface area contributed by atoms with Crippen molar-refractivity contribution in [1.29, 1.82) is 0 Å². The van der Waals surface area contributed by atoms with Gasteiger partial charge in [0, 0.05) is 27.1 Å². The summed E-state index contributed by atoms with van der Waals surface area (Å²) < 4.78 is 1.82. The van der Waals surface area contributed by atoms with Gasteiger partial charge in [0.05, 0.1) is 0 Å². The number of carbonyl (C=O) groups is 1. The molecule has 0 bridgehead atoms. The lowest BCUT2D eigenvalue weighted by Gasteiger charge is -2.27. The Kier molecular flexibility index (Phi) is 5.67. The summed E-state index contributed by atoms with van der Waals surface area (Å²) in [5, 5.41) is 0. The predicted molar refractivity (Wildman–Crippen MR) is 78.3 cm³/mol. The first-order valence-corrected chi connectivity index (χ1v) is 7.35. The van der Waals surface area contributed by atoms with Crippen LogP contribution in [0.5, 0.6) is 0 Å². The second kappa shape index (κ2) is 6.55. The zero-order chi connectivity index (χ0) is 13.0. The highest BCUT2D eigenvalue weighted by Crippen LogP contribution is 2.22. The number of halogens is 2. The topological polar surface area (TPSA) is 20.3 Å². The van der Waals surface area contributed by atoms with Gasteiger partial charge in [-0.1, -0.05) is 38.8 Å². The molecule has 1 aromatic carbocycles. The SMILES string of the molecule is CCC(C)N(CC)C(=O)c1cc(Br)cc(Br)c1. The van der Waals surface area contributed by atoms with Crippen LogP contribution in [0.1, 0.15) is 37.6 Å². The molecule has 1 atom stereocenters. The summed E-state index contributed by atoms with van der Waals surface area (Å²) in [6.07, 6.45) is 0.967. The van der Waals surface area contributed by atoms with E-state index in [9.17, 15) is 4.79 Å². The Bertz CT molecular complexity index is 386. The molecule has 0 saturated carbocycles. The van der Waals surface area contributed by atoms with Crippen molar-refractivity contribution in [2.75, 3.05) is 6.54 Å². The molecule has 4 heteroatoms. The third kappa shape index (κ3) is 3.81. The van der Waals surface area contributed by atoms with E-state index >= 15 is 0 Å². The molecule has 2 nitrogen and oxygen atoms in total. The molecule has 0 spiro atoms. The Hall–Kier alpha value is -0.350. The molecule has 17 heavy (non-hydrogen) atoms. The van der Waals surface area contributed by atoms with Gasteiger partial charge in [0.1, 0.15) is 0 Å². The molecule has 0 N–H and O–H groups in total. The molecule has 0 fully saturated rings. The zero-order valence-corrected chi connectivity index (χ0v) is 13.5. The first-order chi connectivity index (χ1) is 7.99. The quantitative estimate of drug-likeness (QED) is 0.773. The number of amides is 1. The van der Waals surface area contributed by atoms with Gasteiger partial charge in [0.2, 0.25) is 0 Å². The van der Waals surface area contributed by atoms with Gasteiger partial charge in [-0.15, -0.1) is 0 Å². The molecule has 1 aromatic rings. The summed E-state index contributed by atoms with van der Waals surface area (Å²) in [5.74, 6) is 0.0869. The first-order valence-electron chi connectivity index (χ1n) is 5.76. The maximum atomic E-state index is 12.4. The predicted octanol–water partition coefficient (Wildman–Crippen LogP) is 4.47. The van der Waals surface area contributed by atoms with E-state index in [0.717, 1.165) is 21.9 Å². The summed E-state index contributed by atoms with van der Waals surface area (Å²) in [7, 11) is 0. The van der Waals surface area contributed by atoms with Crippen LogP contribution in [0.2, 0.25) is 0 Å². The molecule has 94 valence electrons. The largest absolute Gasteiger partial charge is 0.336 e. The van der Waals surface area contributed by atoms with Gasteiger partial charge < -0.3 is 4.90 Å². The van der Waals surface area contributed by atoms with E-state index in [4.69, 9.17) is 0 Å². The number of hydrogen-bond acceptors (Lipinski definition) is 1. The van der Waals surface area contributed by atoms with Crippen LogP contribution in [0.4, 0.5) is 0 Å². The van der Waals surface area contributed by atoms with Gasteiger partial charge in [-0.3, -0.25) is 4.79 Å². The minimum Gasteiger partial charge on any atom is -0.336 e. The summed E-state index contributed by atoms with van der Waals surface area (Å²) in [6, 6.07) is 5.91. The Labute approximate surface area is 120 Å². The number of carbonyl (C=O) groups excluding carboxylic acids is 1. The highest BCUT2D eigenvalue weighted by atomic mass is 79.9. The number of hydrogen-bond donors (Lipinski definition) is 0. The van der Waals surface area contributed by atoms with Crippen molar-refractivity contribution >= 4 is 37.8 Å². The van der Waals surface area contributed by atoms with Crippen molar-refractivity contribution in [3.8, 4) is 0 Å². The van der Waals surface area contributed by atoms with E-state index in [1.807, 2.05) is 30.0 Å². The van der Waals surface area contributed by atoms with Crippen LogP contribution < -0.4 is 0 Å². The molecular formula is C13H17Br2NO. The van der Waals surface area contributed by atoms with Crippen molar-refractivity contribution in [1.82, 2.24) is 4.90 Å². The van der Waals surface area contributed by atoms with Gasteiger partial charge in [-0.2, -0.15) is 0 Å². The summed E-state index contributed by atoms with van der Waals surface area (Å²) in [5.41, 5.74) is 0.716. The molecule has 0 aliphatic rings. The summed E-state index contributed by atoms with van der Waals surface area (Å²) in [4.78, 5) is 14.3. The lowest BCUT2D eigenvalue weighted by Crippen LogP contribution is -2.38. The van der Waals surface area contributed by atoms with Crippen LogP contribution >= 0.6 is 31.9 Å². The minimum atomic E-state index is 0.0869. The third-order valence-corrected chi connectivity index (χ3v) is 3.75. The second-order valence-corrected chi connectivity index (χ2v) is 5.84.